The van der Waals surface area contributed by atoms with Crippen LogP contribution in [0.5, 0.6) is 5.75 Å². The summed E-state index contributed by atoms with van der Waals surface area (Å²) in [5, 5.41) is 16.7. The Labute approximate surface area is 186 Å². The van der Waals surface area contributed by atoms with E-state index in [2.05, 4.69) is 16.5 Å². The van der Waals surface area contributed by atoms with Crippen LogP contribution >= 0.6 is 0 Å². The molecular formula is C26H22N4O2. The maximum Gasteiger partial charge on any atom is 0.256 e. The smallest absolute Gasteiger partial charge is 0.256 e. The summed E-state index contributed by atoms with van der Waals surface area (Å²) in [5.74, 6) is 0.937. The molecule has 0 saturated heterocycles. The molecule has 0 atom stereocenters. The van der Waals surface area contributed by atoms with Gasteiger partial charge in [0.2, 0.25) is 0 Å². The van der Waals surface area contributed by atoms with Crippen molar-refractivity contribution in [1.82, 2.24) is 9.78 Å². The highest BCUT2D eigenvalue weighted by atomic mass is 16.5. The number of amides is 1. The Morgan fingerprint density at radius 2 is 1.81 bits per heavy atom. The molecule has 6 heteroatoms. The van der Waals surface area contributed by atoms with E-state index in [9.17, 15) is 10.1 Å². The number of nitrogens with zero attached hydrogens (tertiary/aromatic N) is 3. The lowest BCUT2D eigenvalue weighted by Gasteiger charge is -2.11. The number of rotatable bonds is 7. The maximum absolute atomic E-state index is 12.9. The SMILES string of the molecule is Cc1cc(NC(=O)c2cccc(OCc3ccccc3C#N)c2)n(Cc2ccccc2)n1. The molecule has 6 nitrogen and oxygen atoms in total. The van der Waals surface area contributed by atoms with Gasteiger partial charge in [-0.15, -0.1) is 0 Å². The molecule has 0 unspecified atom stereocenters. The van der Waals surface area contributed by atoms with Crippen molar-refractivity contribution in [3.63, 3.8) is 0 Å². The number of nitrogens with one attached hydrogen (secondary N) is 1. The molecule has 0 fully saturated rings. The van der Waals surface area contributed by atoms with E-state index in [0.717, 1.165) is 16.8 Å². The molecule has 4 aromatic rings. The van der Waals surface area contributed by atoms with Crippen LogP contribution in [0, 0.1) is 18.3 Å². The van der Waals surface area contributed by atoms with Crippen LogP contribution in [0.25, 0.3) is 0 Å². The number of aromatic nitrogens is 2. The third-order valence-electron chi connectivity index (χ3n) is 4.95. The fourth-order valence-corrected chi connectivity index (χ4v) is 3.35. The molecule has 0 saturated carbocycles. The first kappa shape index (κ1) is 20.9. The number of anilines is 1. The first-order valence-electron chi connectivity index (χ1n) is 10.2. The number of carbonyl (C=O) groups is 1. The maximum atomic E-state index is 12.9. The van der Waals surface area contributed by atoms with Gasteiger partial charge in [0.1, 0.15) is 18.2 Å². The van der Waals surface area contributed by atoms with Crippen LogP contribution in [-0.2, 0) is 13.2 Å². The minimum absolute atomic E-state index is 0.248. The summed E-state index contributed by atoms with van der Waals surface area (Å²) in [7, 11) is 0. The van der Waals surface area contributed by atoms with Gasteiger partial charge in [0.05, 0.1) is 23.9 Å². The van der Waals surface area contributed by atoms with Crippen LogP contribution in [0.1, 0.15) is 32.7 Å². The molecule has 3 aromatic carbocycles. The quantitative estimate of drug-likeness (QED) is 0.457. The number of aryl methyl sites for hydroxylation is 1. The summed E-state index contributed by atoms with van der Waals surface area (Å²) in [6.45, 7) is 2.70. The Morgan fingerprint density at radius 1 is 1.03 bits per heavy atom. The predicted octanol–water partition coefficient (Wildman–Crippen LogP) is 4.94. The lowest BCUT2D eigenvalue weighted by Crippen LogP contribution is -2.16. The zero-order chi connectivity index (χ0) is 22.3. The van der Waals surface area contributed by atoms with E-state index >= 15 is 0 Å². The first-order valence-corrected chi connectivity index (χ1v) is 10.2. The number of ether oxygens (including phenoxy) is 1. The summed E-state index contributed by atoms with van der Waals surface area (Å²) in [5.41, 5.74) is 3.76. The normalized spacial score (nSPS) is 10.4. The van der Waals surface area contributed by atoms with Crippen LogP contribution in [0.2, 0.25) is 0 Å². The topological polar surface area (TPSA) is 79.9 Å². The Morgan fingerprint density at radius 3 is 2.62 bits per heavy atom. The first-order chi connectivity index (χ1) is 15.6. The molecule has 4 rings (SSSR count). The van der Waals surface area contributed by atoms with Gasteiger partial charge < -0.3 is 10.1 Å². The van der Waals surface area contributed by atoms with E-state index in [4.69, 9.17) is 4.74 Å². The highest BCUT2D eigenvalue weighted by molar-refractivity contribution is 6.04. The van der Waals surface area contributed by atoms with E-state index in [1.165, 1.54) is 0 Å². The lowest BCUT2D eigenvalue weighted by atomic mass is 10.1. The van der Waals surface area contributed by atoms with Crippen molar-refractivity contribution < 1.29 is 9.53 Å². The zero-order valence-corrected chi connectivity index (χ0v) is 17.7. The van der Waals surface area contributed by atoms with Crippen molar-refractivity contribution in [2.45, 2.75) is 20.1 Å². The highest BCUT2D eigenvalue weighted by Crippen LogP contribution is 2.19. The van der Waals surface area contributed by atoms with Crippen molar-refractivity contribution in [3.05, 3.63) is 113 Å². The van der Waals surface area contributed by atoms with Crippen molar-refractivity contribution in [3.8, 4) is 11.8 Å². The molecule has 1 amide bonds. The van der Waals surface area contributed by atoms with Gasteiger partial charge in [-0.2, -0.15) is 10.4 Å². The van der Waals surface area contributed by atoms with Crippen molar-refractivity contribution in [2.24, 2.45) is 0 Å². The standard InChI is InChI=1S/C26H22N4O2/c1-19-14-25(30(29-19)17-20-8-3-2-4-9-20)28-26(31)21-12-7-13-24(15-21)32-18-23-11-6-5-10-22(23)16-27/h2-15H,17-18H2,1H3,(H,28,31). The highest BCUT2D eigenvalue weighted by Gasteiger charge is 2.13. The minimum atomic E-state index is -0.248. The monoisotopic (exact) mass is 422 g/mol. The molecule has 1 aromatic heterocycles. The molecule has 0 radical (unpaired) electrons. The average molecular weight is 422 g/mol. The molecule has 0 aliphatic carbocycles. The summed E-state index contributed by atoms with van der Waals surface area (Å²) in [6.07, 6.45) is 0. The fraction of sp³-hybridized carbons (Fsp3) is 0.115. The summed E-state index contributed by atoms with van der Waals surface area (Å²) >= 11 is 0. The van der Waals surface area contributed by atoms with Gasteiger partial charge in [-0.25, -0.2) is 4.68 Å². The summed E-state index contributed by atoms with van der Waals surface area (Å²) in [6, 6.07) is 28.2. The minimum Gasteiger partial charge on any atom is -0.489 e. The van der Waals surface area contributed by atoms with Crippen LogP contribution in [0.3, 0.4) is 0 Å². The van der Waals surface area contributed by atoms with Crippen LogP contribution in [0.4, 0.5) is 5.82 Å². The second-order valence-corrected chi connectivity index (χ2v) is 7.35. The van der Waals surface area contributed by atoms with E-state index in [0.29, 0.717) is 29.2 Å². The molecule has 0 aliphatic rings. The Bertz CT molecular complexity index is 1270. The van der Waals surface area contributed by atoms with Gasteiger partial charge in [0.15, 0.2) is 0 Å². The third-order valence-corrected chi connectivity index (χ3v) is 4.95. The van der Waals surface area contributed by atoms with Crippen molar-refractivity contribution in [1.29, 1.82) is 5.26 Å². The van der Waals surface area contributed by atoms with E-state index in [1.54, 1.807) is 35.0 Å². The summed E-state index contributed by atoms with van der Waals surface area (Å²) in [4.78, 5) is 12.9. The van der Waals surface area contributed by atoms with Crippen molar-refractivity contribution >= 4 is 11.7 Å². The van der Waals surface area contributed by atoms with Gasteiger partial charge in [-0.05, 0) is 36.8 Å². The third kappa shape index (κ3) is 5.02. The van der Waals surface area contributed by atoms with E-state index in [1.807, 2.05) is 61.5 Å². The van der Waals surface area contributed by atoms with Gasteiger partial charge in [-0.3, -0.25) is 4.79 Å². The molecule has 158 valence electrons. The number of hydrogen-bond donors (Lipinski definition) is 1. The molecule has 1 N–H and O–H groups in total. The number of benzene rings is 3. The Balaban J connectivity index is 1.46. The van der Waals surface area contributed by atoms with Gasteiger partial charge in [0.25, 0.3) is 5.91 Å². The molecule has 0 aliphatic heterocycles. The second-order valence-electron chi connectivity index (χ2n) is 7.35. The van der Waals surface area contributed by atoms with E-state index < -0.39 is 0 Å². The van der Waals surface area contributed by atoms with Crippen molar-refractivity contribution in [2.75, 3.05) is 5.32 Å². The zero-order valence-electron chi connectivity index (χ0n) is 17.7. The van der Waals surface area contributed by atoms with Crippen LogP contribution < -0.4 is 10.1 Å². The van der Waals surface area contributed by atoms with E-state index in [-0.39, 0.29) is 12.5 Å². The van der Waals surface area contributed by atoms with Crippen LogP contribution in [-0.4, -0.2) is 15.7 Å². The largest absolute Gasteiger partial charge is 0.489 e. The molecule has 32 heavy (non-hydrogen) atoms. The number of carbonyl (C=O) groups excluding carboxylic acids is 1. The lowest BCUT2D eigenvalue weighted by molar-refractivity contribution is 0.102. The molecular weight excluding hydrogens is 400 g/mol. The predicted molar refractivity (Wildman–Crippen MR) is 122 cm³/mol. The van der Waals surface area contributed by atoms with Crippen LogP contribution in [0.15, 0.2) is 84.9 Å². The molecule has 0 bridgehead atoms. The Kier molecular flexibility index (Phi) is 6.28. The average Bonchev–Trinajstić information content (AvgIpc) is 3.16. The molecule has 0 spiro atoms. The van der Waals surface area contributed by atoms with Gasteiger partial charge in [0, 0.05) is 17.2 Å². The molecule has 1 heterocycles. The number of hydrogen-bond acceptors (Lipinski definition) is 4. The van der Waals surface area contributed by atoms with Gasteiger partial charge in [-0.1, -0.05) is 54.6 Å². The fourth-order valence-electron chi connectivity index (χ4n) is 3.35. The second kappa shape index (κ2) is 9.63. The number of nitriles is 1. The Hall–Kier alpha value is -4.37. The summed E-state index contributed by atoms with van der Waals surface area (Å²) < 4.78 is 7.61. The van der Waals surface area contributed by atoms with Gasteiger partial charge >= 0.3 is 0 Å².